The van der Waals surface area contributed by atoms with Crippen molar-refractivity contribution in [3.8, 4) is 0 Å². The van der Waals surface area contributed by atoms with E-state index in [1.807, 2.05) is 13.8 Å². The minimum Gasteiger partial charge on any atom is -0.370 e. The van der Waals surface area contributed by atoms with Crippen LogP contribution in [0.25, 0.3) is 0 Å². The molecule has 2 unspecified atom stereocenters. The van der Waals surface area contributed by atoms with Crippen LogP contribution >= 0.6 is 0 Å². The maximum atomic E-state index is 12.0. The highest BCUT2D eigenvalue weighted by molar-refractivity contribution is 5.87. The summed E-state index contributed by atoms with van der Waals surface area (Å²) < 4.78 is 5.63. The fourth-order valence-corrected chi connectivity index (χ4v) is 2.30. The zero-order chi connectivity index (χ0) is 13.7. The number of carbonyl (C=O) groups excluding carboxylic acids is 2. The van der Waals surface area contributed by atoms with Gasteiger partial charge in [0, 0.05) is 6.42 Å². The van der Waals surface area contributed by atoms with E-state index in [-0.39, 0.29) is 42.8 Å². The van der Waals surface area contributed by atoms with Gasteiger partial charge in [-0.2, -0.15) is 0 Å². The summed E-state index contributed by atoms with van der Waals surface area (Å²) in [7, 11) is 0. The quantitative estimate of drug-likeness (QED) is 0.832. The molecule has 4 heteroatoms. The molecule has 1 rings (SSSR count). The van der Waals surface area contributed by atoms with Crippen LogP contribution in [0.4, 0.5) is 0 Å². The van der Waals surface area contributed by atoms with Gasteiger partial charge in [0.1, 0.15) is 12.4 Å². The van der Waals surface area contributed by atoms with E-state index in [4.69, 9.17) is 4.74 Å². The summed E-state index contributed by atoms with van der Waals surface area (Å²) in [5.74, 6) is 0.817. The lowest BCUT2D eigenvalue weighted by atomic mass is 10.00. The van der Waals surface area contributed by atoms with E-state index in [0.29, 0.717) is 12.3 Å². The first-order chi connectivity index (χ1) is 8.40. The number of nitrogens with one attached hydrogen (secondary N) is 1. The molecule has 0 aromatic heterocycles. The highest BCUT2D eigenvalue weighted by Gasteiger charge is 2.27. The smallest absolute Gasteiger partial charge is 0.175 e. The van der Waals surface area contributed by atoms with Crippen LogP contribution in [0.1, 0.15) is 40.5 Å². The Hall–Kier alpha value is -0.740. The number of rotatable bonds is 3. The van der Waals surface area contributed by atoms with Crippen LogP contribution in [0.2, 0.25) is 0 Å². The van der Waals surface area contributed by atoms with Gasteiger partial charge in [0.05, 0.1) is 18.7 Å². The highest BCUT2D eigenvalue weighted by Crippen LogP contribution is 2.14. The fourth-order valence-electron chi connectivity index (χ4n) is 2.30. The van der Waals surface area contributed by atoms with Crippen molar-refractivity contribution in [3.63, 3.8) is 0 Å². The van der Waals surface area contributed by atoms with Gasteiger partial charge < -0.3 is 10.1 Å². The summed E-state index contributed by atoms with van der Waals surface area (Å²) in [5, 5.41) is 3.06. The molecule has 1 aliphatic heterocycles. The Labute approximate surface area is 109 Å². The molecular formula is C14H25NO3. The topological polar surface area (TPSA) is 55.4 Å². The van der Waals surface area contributed by atoms with Gasteiger partial charge in [-0.15, -0.1) is 0 Å². The summed E-state index contributed by atoms with van der Waals surface area (Å²) in [6, 6.07) is -0.272. The number of carbonyl (C=O) groups is 2. The Morgan fingerprint density at radius 1 is 1.28 bits per heavy atom. The van der Waals surface area contributed by atoms with Gasteiger partial charge >= 0.3 is 0 Å². The normalized spacial score (nSPS) is 27.2. The van der Waals surface area contributed by atoms with Gasteiger partial charge in [-0.1, -0.05) is 27.7 Å². The second kappa shape index (κ2) is 7.00. The highest BCUT2D eigenvalue weighted by atomic mass is 16.5. The number of Topliss-reactive ketones (excluding diaryl/α,β-unsaturated/α-hetero) is 2. The first-order valence-electron chi connectivity index (χ1n) is 6.79. The lowest BCUT2D eigenvalue weighted by molar-refractivity contribution is -0.129. The molecule has 0 radical (unpaired) electrons. The van der Waals surface area contributed by atoms with Crippen molar-refractivity contribution in [1.29, 1.82) is 0 Å². The Morgan fingerprint density at radius 3 is 2.50 bits per heavy atom. The molecule has 0 spiro atoms. The van der Waals surface area contributed by atoms with Crippen LogP contribution in [-0.4, -0.2) is 36.9 Å². The van der Waals surface area contributed by atoms with E-state index in [1.165, 1.54) is 0 Å². The maximum Gasteiger partial charge on any atom is 0.175 e. The molecule has 0 aliphatic carbocycles. The van der Waals surface area contributed by atoms with Crippen LogP contribution in [0, 0.1) is 11.8 Å². The average Bonchev–Trinajstić information content (AvgIpc) is 2.29. The van der Waals surface area contributed by atoms with E-state index in [2.05, 4.69) is 19.2 Å². The zero-order valence-electron chi connectivity index (χ0n) is 11.9. The third-order valence-electron chi connectivity index (χ3n) is 3.18. The van der Waals surface area contributed by atoms with Crippen LogP contribution in [-0.2, 0) is 14.3 Å². The summed E-state index contributed by atoms with van der Waals surface area (Å²) in [5.41, 5.74) is 0. The summed E-state index contributed by atoms with van der Waals surface area (Å²) in [6.45, 7) is 8.52. The molecule has 1 aliphatic rings. The summed E-state index contributed by atoms with van der Waals surface area (Å²) >= 11 is 0. The molecule has 0 aromatic carbocycles. The Morgan fingerprint density at radius 2 is 1.94 bits per heavy atom. The van der Waals surface area contributed by atoms with E-state index >= 15 is 0 Å². The van der Waals surface area contributed by atoms with Crippen LogP contribution in [0.15, 0.2) is 0 Å². The van der Waals surface area contributed by atoms with Gasteiger partial charge in [-0.3, -0.25) is 9.59 Å². The fraction of sp³-hybridized carbons (Fsp3) is 0.857. The Bertz CT molecular complexity index is 299. The standard InChI is InChI=1S/C14H25NO3/c1-9(2)5-12-6-11(16)7-15-14(10(3)4)13(17)8-18-12/h9-10,12,14-15H,5-8H2,1-4H3. The first kappa shape index (κ1) is 15.3. The SMILES string of the molecule is CC(C)CC1CC(=O)CNC(C(C)C)C(=O)CO1. The van der Waals surface area contributed by atoms with Crippen molar-refractivity contribution in [2.75, 3.05) is 13.2 Å². The van der Waals surface area contributed by atoms with Gasteiger partial charge in [0.2, 0.25) is 0 Å². The van der Waals surface area contributed by atoms with Gasteiger partial charge in [-0.25, -0.2) is 0 Å². The molecule has 0 amide bonds. The largest absolute Gasteiger partial charge is 0.370 e. The average molecular weight is 255 g/mol. The molecule has 0 bridgehead atoms. The third-order valence-corrected chi connectivity index (χ3v) is 3.18. The first-order valence-corrected chi connectivity index (χ1v) is 6.79. The summed E-state index contributed by atoms with van der Waals surface area (Å²) in [4.78, 5) is 23.8. The molecule has 4 nitrogen and oxygen atoms in total. The van der Waals surface area contributed by atoms with Crippen LogP contribution in [0.5, 0.6) is 0 Å². The zero-order valence-corrected chi connectivity index (χ0v) is 11.9. The minimum atomic E-state index is -0.272. The molecule has 0 saturated carbocycles. The second-order valence-electron chi connectivity index (χ2n) is 5.87. The molecule has 0 aromatic rings. The van der Waals surface area contributed by atoms with Gasteiger partial charge in [-0.05, 0) is 18.3 Å². The van der Waals surface area contributed by atoms with Crippen LogP contribution in [0.3, 0.4) is 0 Å². The molecule has 2 atom stereocenters. The third kappa shape index (κ3) is 4.86. The monoisotopic (exact) mass is 255 g/mol. The van der Waals surface area contributed by atoms with E-state index in [9.17, 15) is 9.59 Å². The van der Waals surface area contributed by atoms with Crippen molar-refractivity contribution >= 4 is 11.6 Å². The minimum absolute atomic E-state index is 0.0495. The predicted molar refractivity (Wildman–Crippen MR) is 70.5 cm³/mol. The lowest BCUT2D eigenvalue weighted by Crippen LogP contribution is -2.44. The lowest BCUT2D eigenvalue weighted by Gasteiger charge is -2.20. The van der Waals surface area contributed by atoms with Crippen molar-refractivity contribution < 1.29 is 14.3 Å². The van der Waals surface area contributed by atoms with Crippen LogP contribution < -0.4 is 5.32 Å². The second-order valence-corrected chi connectivity index (χ2v) is 5.87. The molecule has 1 N–H and O–H groups in total. The Kier molecular flexibility index (Phi) is 5.96. The van der Waals surface area contributed by atoms with E-state index < -0.39 is 0 Å². The number of hydrogen-bond acceptors (Lipinski definition) is 4. The molecule has 1 saturated heterocycles. The molecule has 18 heavy (non-hydrogen) atoms. The molecule has 1 heterocycles. The van der Waals surface area contributed by atoms with Gasteiger partial charge in [0.25, 0.3) is 0 Å². The van der Waals surface area contributed by atoms with E-state index in [1.54, 1.807) is 0 Å². The number of hydrogen-bond donors (Lipinski definition) is 1. The van der Waals surface area contributed by atoms with Crippen molar-refractivity contribution in [3.05, 3.63) is 0 Å². The molecule has 1 fully saturated rings. The molecular weight excluding hydrogens is 230 g/mol. The predicted octanol–water partition coefficient (Wildman–Crippen LogP) is 1.57. The van der Waals surface area contributed by atoms with Crippen molar-refractivity contribution in [1.82, 2.24) is 5.32 Å². The maximum absolute atomic E-state index is 12.0. The van der Waals surface area contributed by atoms with Gasteiger partial charge in [0.15, 0.2) is 5.78 Å². The Balaban J connectivity index is 2.68. The number of ketones is 2. The summed E-state index contributed by atoms with van der Waals surface area (Å²) in [6.07, 6.45) is 1.11. The van der Waals surface area contributed by atoms with Crippen molar-refractivity contribution in [2.45, 2.75) is 52.7 Å². The van der Waals surface area contributed by atoms with Crippen molar-refractivity contribution in [2.24, 2.45) is 11.8 Å². The molecule has 104 valence electrons. The van der Waals surface area contributed by atoms with E-state index in [0.717, 1.165) is 6.42 Å². The number of ether oxygens (including phenoxy) is 1.